The molecule has 0 spiro atoms. The molecule has 1 aromatic heterocycles. The third-order valence-corrected chi connectivity index (χ3v) is 3.33. The number of aliphatic hydroxyl groups is 1. The van der Waals surface area contributed by atoms with Crippen molar-refractivity contribution in [3.63, 3.8) is 0 Å². The first kappa shape index (κ1) is 13.6. The highest BCUT2D eigenvalue weighted by Gasteiger charge is 2.16. The van der Waals surface area contributed by atoms with Crippen LogP contribution in [-0.4, -0.2) is 29.1 Å². The average Bonchev–Trinajstić information content (AvgIpc) is 2.96. The molecule has 1 heterocycles. The third-order valence-electron chi connectivity index (χ3n) is 3.33. The lowest BCUT2D eigenvalue weighted by Crippen LogP contribution is -2.28. The standard InChI is InChI=1S/C15H18N2O2/c18-9-3-6-13-7-8-14(16-10-13)15(19)17-11-12-4-1-2-5-12/h7-8,10,12,18H,1-2,4-5,9,11H2,(H,17,19). The van der Waals surface area contributed by atoms with Crippen molar-refractivity contribution < 1.29 is 9.90 Å². The van der Waals surface area contributed by atoms with Gasteiger partial charge in [0.2, 0.25) is 0 Å². The van der Waals surface area contributed by atoms with E-state index in [4.69, 9.17) is 5.11 Å². The molecule has 100 valence electrons. The van der Waals surface area contributed by atoms with Gasteiger partial charge in [-0.2, -0.15) is 0 Å². The van der Waals surface area contributed by atoms with Crippen molar-refractivity contribution in [2.75, 3.05) is 13.2 Å². The SMILES string of the molecule is O=C(NCC1CCCC1)c1ccc(C#CCO)cn1. The van der Waals surface area contributed by atoms with E-state index in [1.165, 1.54) is 25.7 Å². The zero-order valence-electron chi connectivity index (χ0n) is 10.9. The molecule has 1 aromatic rings. The van der Waals surface area contributed by atoms with Crippen LogP contribution in [0.5, 0.6) is 0 Å². The number of rotatable bonds is 3. The minimum Gasteiger partial charge on any atom is -0.384 e. The molecule has 1 saturated carbocycles. The summed E-state index contributed by atoms with van der Waals surface area (Å²) in [5.41, 5.74) is 1.11. The van der Waals surface area contributed by atoms with E-state index < -0.39 is 0 Å². The Morgan fingerprint density at radius 2 is 2.21 bits per heavy atom. The number of nitrogens with zero attached hydrogens (tertiary/aromatic N) is 1. The molecular formula is C15H18N2O2. The fourth-order valence-electron chi connectivity index (χ4n) is 2.29. The predicted molar refractivity (Wildman–Crippen MR) is 72.5 cm³/mol. The summed E-state index contributed by atoms with van der Waals surface area (Å²) in [4.78, 5) is 16.0. The monoisotopic (exact) mass is 258 g/mol. The largest absolute Gasteiger partial charge is 0.384 e. The Balaban J connectivity index is 1.88. The summed E-state index contributed by atoms with van der Waals surface area (Å²) in [6.45, 7) is 0.566. The van der Waals surface area contributed by atoms with Crippen LogP contribution in [0.3, 0.4) is 0 Å². The summed E-state index contributed by atoms with van der Waals surface area (Å²) < 4.78 is 0. The van der Waals surface area contributed by atoms with Gasteiger partial charge in [0.1, 0.15) is 12.3 Å². The van der Waals surface area contributed by atoms with Gasteiger partial charge < -0.3 is 10.4 Å². The number of carbonyl (C=O) groups is 1. The average molecular weight is 258 g/mol. The molecule has 2 rings (SSSR count). The zero-order chi connectivity index (χ0) is 13.5. The molecule has 19 heavy (non-hydrogen) atoms. The van der Waals surface area contributed by atoms with Crippen LogP contribution in [0.15, 0.2) is 18.3 Å². The highest BCUT2D eigenvalue weighted by atomic mass is 16.2. The molecule has 0 saturated heterocycles. The van der Waals surface area contributed by atoms with Crippen LogP contribution < -0.4 is 5.32 Å². The van der Waals surface area contributed by atoms with Gasteiger partial charge in [-0.05, 0) is 30.9 Å². The fourth-order valence-corrected chi connectivity index (χ4v) is 2.29. The van der Waals surface area contributed by atoms with Crippen LogP contribution in [0.4, 0.5) is 0 Å². The van der Waals surface area contributed by atoms with Gasteiger partial charge in [0.15, 0.2) is 0 Å². The van der Waals surface area contributed by atoms with E-state index in [-0.39, 0.29) is 12.5 Å². The van der Waals surface area contributed by atoms with Gasteiger partial charge in [-0.1, -0.05) is 24.7 Å². The molecule has 0 aromatic carbocycles. The van der Waals surface area contributed by atoms with Gasteiger partial charge in [0.25, 0.3) is 5.91 Å². The van der Waals surface area contributed by atoms with E-state index in [9.17, 15) is 4.79 Å². The normalized spacial score (nSPS) is 14.8. The lowest BCUT2D eigenvalue weighted by molar-refractivity contribution is 0.0942. The van der Waals surface area contributed by atoms with Crippen molar-refractivity contribution in [2.24, 2.45) is 5.92 Å². The maximum absolute atomic E-state index is 11.9. The van der Waals surface area contributed by atoms with Crippen molar-refractivity contribution >= 4 is 5.91 Å². The van der Waals surface area contributed by atoms with Gasteiger partial charge in [-0.3, -0.25) is 4.79 Å². The van der Waals surface area contributed by atoms with Crippen LogP contribution in [0.25, 0.3) is 0 Å². The minimum atomic E-state index is -0.177. The number of aromatic nitrogens is 1. The molecule has 4 heteroatoms. The van der Waals surface area contributed by atoms with Crippen molar-refractivity contribution in [1.82, 2.24) is 10.3 Å². The van der Waals surface area contributed by atoms with Crippen LogP contribution >= 0.6 is 0 Å². The van der Waals surface area contributed by atoms with E-state index in [1.807, 2.05) is 0 Å². The number of aliphatic hydroxyl groups excluding tert-OH is 1. The molecule has 4 nitrogen and oxygen atoms in total. The van der Waals surface area contributed by atoms with Gasteiger partial charge in [-0.25, -0.2) is 4.98 Å². The molecular weight excluding hydrogens is 240 g/mol. The van der Waals surface area contributed by atoms with E-state index in [0.717, 1.165) is 6.54 Å². The number of hydrogen-bond donors (Lipinski definition) is 2. The molecule has 2 N–H and O–H groups in total. The molecule has 1 amide bonds. The smallest absolute Gasteiger partial charge is 0.269 e. The molecule has 0 aliphatic heterocycles. The van der Waals surface area contributed by atoms with E-state index in [0.29, 0.717) is 17.2 Å². The van der Waals surface area contributed by atoms with Crippen LogP contribution in [0, 0.1) is 17.8 Å². The topological polar surface area (TPSA) is 62.2 Å². The molecule has 1 aliphatic carbocycles. The van der Waals surface area contributed by atoms with Crippen molar-refractivity contribution in [3.05, 3.63) is 29.6 Å². The Kier molecular flexibility index (Phi) is 4.93. The summed E-state index contributed by atoms with van der Waals surface area (Å²) in [7, 11) is 0. The van der Waals surface area contributed by atoms with Gasteiger partial charge in [0, 0.05) is 18.3 Å². The third kappa shape index (κ3) is 4.08. The van der Waals surface area contributed by atoms with Crippen LogP contribution in [0.2, 0.25) is 0 Å². The zero-order valence-corrected chi connectivity index (χ0v) is 10.9. The Labute approximate surface area is 113 Å². The first-order valence-electron chi connectivity index (χ1n) is 6.63. The van der Waals surface area contributed by atoms with Crippen molar-refractivity contribution in [1.29, 1.82) is 0 Å². The Morgan fingerprint density at radius 1 is 1.42 bits per heavy atom. The maximum atomic E-state index is 11.9. The molecule has 1 fully saturated rings. The van der Waals surface area contributed by atoms with Gasteiger partial charge in [-0.15, -0.1) is 0 Å². The van der Waals surface area contributed by atoms with Crippen molar-refractivity contribution in [3.8, 4) is 11.8 Å². The molecule has 0 unspecified atom stereocenters. The second-order valence-electron chi connectivity index (χ2n) is 4.75. The second-order valence-corrected chi connectivity index (χ2v) is 4.75. The quantitative estimate of drug-likeness (QED) is 0.804. The summed E-state index contributed by atoms with van der Waals surface area (Å²) in [6, 6.07) is 3.39. The predicted octanol–water partition coefficient (Wildman–Crippen LogP) is 1.35. The van der Waals surface area contributed by atoms with Crippen LogP contribution in [0.1, 0.15) is 41.7 Å². The number of pyridine rings is 1. The fraction of sp³-hybridized carbons (Fsp3) is 0.467. The molecule has 1 aliphatic rings. The highest BCUT2D eigenvalue weighted by Crippen LogP contribution is 2.23. The van der Waals surface area contributed by atoms with Gasteiger partial charge >= 0.3 is 0 Å². The van der Waals surface area contributed by atoms with Crippen LogP contribution in [-0.2, 0) is 0 Å². The van der Waals surface area contributed by atoms with E-state index in [1.54, 1.807) is 18.3 Å². The minimum absolute atomic E-state index is 0.131. The van der Waals surface area contributed by atoms with Gasteiger partial charge in [0.05, 0.1) is 0 Å². The Bertz CT molecular complexity index is 479. The summed E-state index contributed by atoms with van der Waals surface area (Å²) >= 11 is 0. The molecule has 0 bridgehead atoms. The molecule has 0 radical (unpaired) electrons. The highest BCUT2D eigenvalue weighted by molar-refractivity contribution is 5.92. The number of amides is 1. The first-order chi connectivity index (χ1) is 9.29. The number of hydrogen-bond acceptors (Lipinski definition) is 3. The summed E-state index contributed by atoms with van der Waals surface area (Å²) in [5, 5.41) is 11.5. The summed E-state index contributed by atoms with van der Waals surface area (Å²) in [5.74, 6) is 5.78. The number of nitrogens with one attached hydrogen (secondary N) is 1. The molecule has 0 atom stereocenters. The maximum Gasteiger partial charge on any atom is 0.269 e. The lowest BCUT2D eigenvalue weighted by atomic mass is 10.1. The summed E-state index contributed by atoms with van der Waals surface area (Å²) in [6.07, 6.45) is 6.52. The first-order valence-corrected chi connectivity index (χ1v) is 6.63. The Hall–Kier alpha value is -1.86. The van der Waals surface area contributed by atoms with E-state index in [2.05, 4.69) is 22.1 Å². The van der Waals surface area contributed by atoms with Crippen molar-refractivity contribution in [2.45, 2.75) is 25.7 Å². The lowest BCUT2D eigenvalue weighted by Gasteiger charge is -2.10. The van der Waals surface area contributed by atoms with E-state index >= 15 is 0 Å². The Morgan fingerprint density at radius 3 is 2.84 bits per heavy atom. The number of carbonyl (C=O) groups excluding carboxylic acids is 1. The second kappa shape index (κ2) is 6.91.